The molecular formula is C7H14N2O3S. The fraction of sp³-hybridized carbons (Fsp3) is 0.857. The van der Waals surface area contributed by atoms with E-state index >= 15 is 0 Å². The minimum atomic E-state index is -3.68. The van der Waals surface area contributed by atoms with E-state index in [1.807, 2.05) is 4.89 Å². The van der Waals surface area contributed by atoms with Crippen LogP contribution in [0, 0.1) is 11.3 Å². The molecule has 0 spiro atoms. The van der Waals surface area contributed by atoms with Gasteiger partial charge in [0.25, 0.3) is 0 Å². The highest BCUT2D eigenvalue weighted by Gasteiger charge is 2.23. The molecule has 0 heterocycles. The largest absolute Gasteiger partial charge is 0.281 e. The van der Waals surface area contributed by atoms with Crippen molar-refractivity contribution in [3.05, 3.63) is 0 Å². The maximum absolute atomic E-state index is 11.1. The number of sulfonamides is 1. The molecule has 0 aliphatic carbocycles. The number of hydrogen-bond acceptors (Lipinski definition) is 4. The molecule has 0 aromatic carbocycles. The summed E-state index contributed by atoms with van der Waals surface area (Å²) in [7, 11) is -3.68. The first kappa shape index (κ1) is 12.4. The molecule has 1 unspecified atom stereocenters. The average molecular weight is 206 g/mol. The van der Waals surface area contributed by atoms with Crippen LogP contribution in [-0.4, -0.2) is 19.3 Å². The Balaban J connectivity index is 4.32. The second-order valence-corrected chi connectivity index (χ2v) is 5.58. The van der Waals surface area contributed by atoms with Gasteiger partial charge in [-0.15, -0.1) is 0 Å². The minimum Gasteiger partial charge on any atom is -0.281 e. The predicted octanol–water partition coefficient (Wildman–Crippen LogP) is 0.548. The van der Waals surface area contributed by atoms with Crippen LogP contribution in [-0.2, 0) is 14.9 Å². The van der Waals surface area contributed by atoms with E-state index in [0.717, 1.165) is 0 Å². The molecule has 0 rings (SSSR count). The third kappa shape index (κ3) is 4.83. The molecule has 0 fully saturated rings. The summed E-state index contributed by atoms with van der Waals surface area (Å²) in [5.74, 6) is 0. The van der Waals surface area contributed by atoms with Crippen molar-refractivity contribution < 1.29 is 13.3 Å². The zero-order valence-electron chi connectivity index (χ0n) is 8.16. The van der Waals surface area contributed by atoms with Crippen molar-refractivity contribution in [1.82, 2.24) is 4.89 Å². The molecule has 1 atom stereocenters. The maximum Gasteiger partial charge on any atom is 0.249 e. The standard InChI is InChI=1S/C7H14N2O3S/c1-6(5-8)13(10,11)9-12-7(2,3)4/h6,9H,1-4H3. The number of nitrogens with zero attached hydrogens (tertiary/aromatic N) is 1. The molecule has 0 aliphatic rings. The lowest BCUT2D eigenvalue weighted by molar-refractivity contribution is -0.0359. The normalized spacial score (nSPS) is 15.0. The first-order valence-electron chi connectivity index (χ1n) is 3.77. The van der Waals surface area contributed by atoms with Gasteiger partial charge in [-0.1, -0.05) is 4.89 Å². The molecule has 6 heteroatoms. The van der Waals surface area contributed by atoms with Crippen molar-refractivity contribution in [2.45, 2.75) is 38.5 Å². The Hall–Kier alpha value is -0.640. The van der Waals surface area contributed by atoms with Gasteiger partial charge < -0.3 is 0 Å². The lowest BCUT2D eigenvalue weighted by Crippen LogP contribution is -2.37. The van der Waals surface area contributed by atoms with Crippen LogP contribution in [0.5, 0.6) is 0 Å². The van der Waals surface area contributed by atoms with Crippen LogP contribution in [0.15, 0.2) is 0 Å². The summed E-state index contributed by atoms with van der Waals surface area (Å²) >= 11 is 0. The Morgan fingerprint density at radius 3 is 2.23 bits per heavy atom. The van der Waals surface area contributed by atoms with E-state index in [1.54, 1.807) is 26.8 Å². The van der Waals surface area contributed by atoms with Gasteiger partial charge in [0.05, 0.1) is 11.7 Å². The van der Waals surface area contributed by atoms with Crippen molar-refractivity contribution in [2.75, 3.05) is 0 Å². The predicted molar refractivity (Wildman–Crippen MR) is 48.0 cm³/mol. The highest BCUT2D eigenvalue weighted by atomic mass is 32.2. The van der Waals surface area contributed by atoms with E-state index < -0.39 is 20.9 Å². The van der Waals surface area contributed by atoms with E-state index in [4.69, 9.17) is 10.1 Å². The number of rotatable bonds is 3. The van der Waals surface area contributed by atoms with Crippen LogP contribution in [0.3, 0.4) is 0 Å². The Kier molecular flexibility index (Phi) is 3.85. The van der Waals surface area contributed by atoms with E-state index in [9.17, 15) is 8.42 Å². The van der Waals surface area contributed by atoms with Crippen molar-refractivity contribution in [2.24, 2.45) is 0 Å². The summed E-state index contributed by atoms with van der Waals surface area (Å²) < 4.78 is 22.3. The smallest absolute Gasteiger partial charge is 0.249 e. The molecule has 0 saturated heterocycles. The van der Waals surface area contributed by atoms with Gasteiger partial charge in [0.1, 0.15) is 0 Å². The van der Waals surface area contributed by atoms with E-state index in [-0.39, 0.29) is 0 Å². The van der Waals surface area contributed by atoms with Gasteiger partial charge in [-0.2, -0.15) is 5.26 Å². The summed E-state index contributed by atoms with van der Waals surface area (Å²) in [5, 5.41) is 7.26. The zero-order valence-corrected chi connectivity index (χ0v) is 8.97. The average Bonchev–Trinajstić information content (AvgIpc) is 1.98. The lowest BCUT2D eigenvalue weighted by Gasteiger charge is -2.19. The summed E-state index contributed by atoms with van der Waals surface area (Å²) in [5.41, 5.74) is -0.609. The van der Waals surface area contributed by atoms with Crippen LogP contribution in [0.2, 0.25) is 0 Å². The van der Waals surface area contributed by atoms with Gasteiger partial charge in [-0.3, -0.25) is 4.84 Å². The molecule has 0 aromatic heterocycles. The summed E-state index contributed by atoms with van der Waals surface area (Å²) in [4.78, 5) is 6.73. The Morgan fingerprint density at radius 2 is 1.92 bits per heavy atom. The Bertz CT molecular complexity index is 297. The zero-order chi connectivity index (χ0) is 10.7. The third-order valence-electron chi connectivity index (χ3n) is 1.11. The van der Waals surface area contributed by atoms with Crippen LogP contribution in [0.4, 0.5) is 0 Å². The van der Waals surface area contributed by atoms with Crippen LogP contribution in [0.25, 0.3) is 0 Å². The van der Waals surface area contributed by atoms with Gasteiger partial charge in [-0.05, 0) is 27.7 Å². The summed E-state index contributed by atoms with van der Waals surface area (Å²) in [6, 6.07) is 1.61. The molecule has 0 radical (unpaired) electrons. The summed E-state index contributed by atoms with van der Waals surface area (Å²) in [6.07, 6.45) is 0. The van der Waals surface area contributed by atoms with Crippen molar-refractivity contribution >= 4 is 10.0 Å². The Labute approximate surface area is 78.7 Å². The monoisotopic (exact) mass is 206 g/mol. The molecular weight excluding hydrogens is 192 g/mol. The number of nitrogens with one attached hydrogen (secondary N) is 1. The molecule has 0 aromatic rings. The van der Waals surface area contributed by atoms with E-state index in [1.165, 1.54) is 6.92 Å². The highest BCUT2D eigenvalue weighted by Crippen LogP contribution is 2.06. The fourth-order valence-corrected chi connectivity index (χ4v) is 0.974. The van der Waals surface area contributed by atoms with Crippen LogP contribution < -0.4 is 4.89 Å². The molecule has 0 saturated carbocycles. The quantitative estimate of drug-likeness (QED) is 0.684. The van der Waals surface area contributed by atoms with E-state index in [2.05, 4.69) is 0 Å². The second-order valence-electron chi connectivity index (χ2n) is 3.61. The maximum atomic E-state index is 11.1. The molecule has 76 valence electrons. The first-order chi connectivity index (χ1) is 5.69. The number of hydrogen-bond donors (Lipinski definition) is 1. The highest BCUT2D eigenvalue weighted by molar-refractivity contribution is 7.90. The molecule has 0 amide bonds. The fourth-order valence-electron chi connectivity index (χ4n) is 0.325. The molecule has 0 aliphatic heterocycles. The van der Waals surface area contributed by atoms with Gasteiger partial charge in [-0.25, -0.2) is 8.42 Å². The summed E-state index contributed by atoms with van der Waals surface area (Å²) in [6.45, 7) is 6.39. The van der Waals surface area contributed by atoms with Crippen LogP contribution >= 0.6 is 0 Å². The van der Waals surface area contributed by atoms with Crippen molar-refractivity contribution in [1.29, 1.82) is 5.26 Å². The van der Waals surface area contributed by atoms with Gasteiger partial charge >= 0.3 is 0 Å². The van der Waals surface area contributed by atoms with Crippen LogP contribution in [0.1, 0.15) is 27.7 Å². The second kappa shape index (κ2) is 4.05. The SMILES string of the molecule is CC(C#N)S(=O)(=O)NOC(C)(C)C. The van der Waals surface area contributed by atoms with Crippen molar-refractivity contribution in [3.63, 3.8) is 0 Å². The third-order valence-corrected chi connectivity index (χ3v) is 2.46. The Morgan fingerprint density at radius 1 is 1.46 bits per heavy atom. The molecule has 5 nitrogen and oxygen atoms in total. The molecule has 1 N–H and O–H groups in total. The molecule has 13 heavy (non-hydrogen) atoms. The van der Waals surface area contributed by atoms with Gasteiger partial charge in [0, 0.05) is 0 Å². The minimum absolute atomic E-state index is 0.609. The number of nitriles is 1. The molecule has 0 bridgehead atoms. The lowest BCUT2D eigenvalue weighted by atomic mass is 10.2. The first-order valence-corrected chi connectivity index (χ1v) is 5.32. The topological polar surface area (TPSA) is 79.2 Å². The van der Waals surface area contributed by atoms with Gasteiger partial charge in [0.15, 0.2) is 5.25 Å². The van der Waals surface area contributed by atoms with Gasteiger partial charge in [0.2, 0.25) is 10.0 Å². The van der Waals surface area contributed by atoms with Crippen molar-refractivity contribution in [3.8, 4) is 6.07 Å². The van der Waals surface area contributed by atoms with E-state index in [0.29, 0.717) is 0 Å².